The Bertz CT molecular complexity index is 564. The minimum absolute atomic E-state index is 0.0771. The largest absolute Gasteiger partial charge is 0.479 e. The lowest BCUT2D eigenvalue weighted by Gasteiger charge is -2.10. The molecule has 1 aromatic heterocycles. The number of hydrogen-bond donors (Lipinski definition) is 1. The Morgan fingerprint density at radius 3 is 2.60 bits per heavy atom. The number of halogens is 2. The third kappa shape index (κ3) is 3.11. The minimum atomic E-state index is -0.851. The second-order valence-electron chi connectivity index (χ2n) is 4.23. The lowest BCUT2D eigenvalue weighted by Crippen LogP contribution is -2.09. The molecule has 20 heavy (non-hydrogen) atoms. The van der Waals surface area contributed by atoms with Crippen LogP contribution in [0.3, 0.4) is 0 Å². The maximum atomic E-state index is 13.7. The molecule has 0 bridgehead atoms. The van der Waals surface area contributed by atoms with Gasteiger partial charge in [-0.05, 0) is 24.1 Å². The summed E-state index contributed by atoms with van der Waals surface area (Å²) in [5, 5.41) is 12.9. The summed E-state index contributed by atoms with van der Waals surface area (Å²) in [6, 6.07) is 2.07. The number of rotatable bonds is 6. The number of aliphatic hydroxyl groups is 1. The van der Waals surface area contributed by atoms with Crippen molar-refractivity contribution < 1.29 is 18.6 Å². The topological polar surface area (TPSA) is 60.2 Å². The Labute approximate surface area is 114 Å². The molecule has 0 saturated carbocycles. The second-order valence-corrected chi connectivity index (χ2v) is 4.23. The first-order valence-electron chi connectivity index (χ1n) is 6.24. The Kier molecular flexibility index (Phi) is 4.62. The van der Waals surface area contributed by atoms with Crippen LogP contribution in [0.25, 0.3) is 0 Å². The lowest BCUT2D eigenvalue weighted by atomic mass is 10.2. The molecule has 0 aliphatic carbocycles. The van der Waals surface area contributed by atoms with Gasteiger partial charge in [0.25, 0.3) is 0 Å². The zero-order chi connectivity index (χ0) is 14.5. The molecule has 7 heteroatoms. The minimum Gasteiger partial charge on any atom is -0.479 e. The van der Waals surface area contributed by atoms with Crippen LogP contribution in [0.4, 0.5) is 8.78 Å². The summed E-state index contributed by atoms with van der Waals surface area (Å²) in [6.07, 6.45) is 2.24. The highest BCUT2D eigenvalue weighted by molar-refractivity contribution is 5.31. The van der Waals surface area contributed by atoms with Gasteiger partial charge in [-0.3, -0.25) is 0 Å². The van der Waals surface area contributed by atoms with E-state index in [1.54, 1.807) is 4.68 Å². The monoisotopic (exact) mass is 283 g/mol. The van der Waals surface area contributed by atoms with Gasteiger partial charge >= 0.3 is 0 Å². The molecule has 0 aliphatic rings. The van der Waals surface area contributed by atoms with Crippen LogP contribution in [-0.2, 0) is 19.8 Å². The quantitative estimate of drug-likeness (QED) is 0.881. The van der Waals surface area contributed by atoms with Crippen molar-refractivity contribution in [2.75, 3.05) is 0 Å². The van der Waals surface area contributed by atoms with Gasteiger partial charge in [0.05, 0.1) is 6.61 Å². The molecule has 0 saturated heterocycles. The molecule has 108 valence electrons. The molecule has 0 amide bonds. The highest BCUT2D eigenvalue weighted by Gasteiger charge is 2.14. The number of hydrogen-bond acceptors (Lipinski definition) is 4. The fraction of sp³-hybridized carbons (Fsp3) is 0.385. The lowest BCUT2D eigenvalue weighted by molar-refractivity contribution is 0.254. The molecule has 5 nitrogen and oxygen atoms in total. The molecule has 0 aliphatic heterocycles. The highest BCUT2D eigenvalue weighted by Crippen LogP contribution is 2.24. The third-order valence-electron chi connectivity index (χ3n) is 2.72. The van der Waals surface area contributed by atoms with Gasteiger partial charge in [0, 0.05) is 6.54 Å². The maximum Gasteiger partial charge on any atom is 0.191 e. The number of aryl methyl sites for hydroxylation is 1. The van der Waals surface area contributed by atoms with Gasteiger partial charge in [0.2, 0.25) is 0 Å². The van der Waals surface area contributed by atoms with Crippen LogP contribution in [-0.4, -0.2) is 19.9 Å². The van der Waals surface area contributed by atoms with E-state index >= 15 is 0 Å². The van der Waals surface area contributed by atoms with Gasteiger partial charge in [-0.15, -0.1) is 0 Å². The maximum absolute atomic E-state index is 13.7. The van der Waals surface area contributed by atoms with Gasteiger partial charge in [0.1, 0.15) is 12.9 Å². The van der Waals surface area contributed by atoms with Crippen LogP contribution < -0.4 is 4.74 Å². The van der Waals surface area contributed by atoms with Crippen LogP contribution in [0.5, 0.6) is 5.75 Å². The van der Waals surface area contributed by atoms with Crippen molar-refractivity contribution in [2.24, 2.45) is 0 Å². The smallest absolute Gasteiger partial charge is 0.191 e. The van der Waals surface area contributed by atoms with Gasteiger partial charge in [0.15, 0.2) is 23.2 Å². The summed E-state index contributed by atoms with van der Waals surface area (Å²) in [7, 11) is 0. The summed E-state index contributed by atoms with van der Waals surface area (Å²) in [6.45, 7) is 2.14. The van der Waals surface area contributed by atoms with Crippen LogP contribution in [0.1, 0.15) is 24.7 Å². The molecule has 0 radical (unpaired) electrons. The SMILES string of the molecule is CCCn1ncnc1COc1c(F)cc(CO)cc1F. The summed E-state index contributed by atoms with van der Waals surface area (Å²) in [5.74, 6) is -1.68. The Hall–Kier alpha value is -2.02. The molecule has 2 rings (SSSR count). The van der Waals surface area contributed by atoms with E-state index in [1.165, 1.54) is 6.33 Å². The summed E-state index contributed by atoms with van der Waals surface area (Å²) in [5.41, 5.74) is 0.154. The summed E-state index contributed by atoms with van der Waals surface area (Å²) in [4.78, 5) is 3.98. The average molecular weight is 283 g/mol. The van der Waals surface area contributed by atoms with Crippen molar-refractivity contribution in [2.45, 2.75) is 33.1 Å². The van der Waals surface area contributed by atoms with Crippen LogP contribution >= 0.6 is 0 Å². The Morgan fingerprint density at radius 2 is 2.00 bits per heavy atom. The molecule has 1 aromatic carbocycles. The molecule has 1 N–H and O–H groups in total. The van der Waals surface area contributed by atoms with Crippen LogP contribution in [0, 0.1) is 11.6 Å². The average Bonchev–Trinajstić information content (AvgIpc) is 2.85. The highest BCUT2D eigenvalue weighted by atomic mass is 19.1. The number of aliphatic hydroxyl groups excluding tert-OH is 1. The fourth-order valence-electron chi connectivity index (χ4n) is 1.78. The van der Waals surface area contributed by atoms with E-state index in [0.29, 0.717) is 12.4 Å². The predicted octanol–water partition coefficient (Wildman–Crippen LogP) is 2.04. The first-order valence-corrected chi connectivity index (χ1v) is 6.24. The van der Waals surface area contributed by atoms with E-state index in [1.807, 2.05) is 6.92 Å². The van der Waals surface area contributed by atoms with Crippen molar-refractivity contribution in [1.82, 2.24) is 14.8 Å². The standard InChI is InChI=1S/C13H15F2N3O2/c1-2-3-18-12(16-8-17-18)7-20-13-10(14)4-9(6-19)5-11(13)15/h4-5,8,19H,2-3,6-7H2,1H3. The van der Waals surface area contributed by atoms with E-state index in [0.717, 1.165) is 18.6 Å². The van der Waals surface area contributed by atoms with Crippen molar-refractivity contribution >= 4 is 0 Å². The van der Waals surface area contributed by atoms with E-state index in [-0.39, 0.29) is 12.2 Å². The molecular formula is C13H15F2N3O2. The van der Waals surface area contributed by atoms with Crippen molar-refractivity contribution in [3.8, 4) is 5.75 Å². The fourth-order valence-corrected chi connectivity index (χ4v) is 1.78. The predicted molar refractivity (Wildman–Crippen MR) is 66.9 cm³/mol. The van der Waals surface area contributed by atoms with Crippen LogP contribution in [0.2, 0.25) is 0 Å². The Balaban J connectivity index is 2.13. The number of benzene rings is 1. The molecule has 1 heterocycles. The van der Waals surface area contributed by atoms with Gasteiger partial charge in [-0.2, -0.15) is 5.10 Å². The van der Waals surface area contributed by atoms with Crippen molar-refractivity contribution in [3.63, 3.8) is 0 Å². The van der Waals surface area contributed by atoms with E-state index in [9.17, 15) is 8.78 Å². The molecular weight excluding hydrogens is 268 g/mol. The molecule has 2 aromatic rings. The van der Waals surface area contributed by atoms with E-state index < -0.39 is 24.0 Å². The van der Waals surface area contributed by atoms with Crippen molar-refractivity contribution in [3.05, 3.63) is 41.5 Å². The number of nitrogens with zero attached hydrogens (tertiary/aromatic N) is 3. The Morgan fingerprint density at radius 1 is 1.30 bits per heavy atom. The van der Waals surface area contributed by atoms with Gasteiger partial charge in [-0.25, -0.2) is 18.4 Å². The van der Waals surface area contributed by atoms with E-state index in [2.05, 4.69) is 10.1 Å². The second kappa shape index (κ2) is 6.42. The first kappa shape index (κ1) is 14.4. The zero-order valence-corrected chi connectivity index (χ0v) is 11.0. The molecule has 0 atom stereocenters. The third-order valence-corrected chi connectivity index (χ3v) is 2.72. The van der Waals surface area contributed by atoms with Gasteiger partial charge in [-0.1, -0.05) is 6.92 Å². The number of aromatic nitrogens is 3. The molecule has 0 unspecified atom stereocenters. The normalized spacial score (nSPS) is 10.8. The molecule has 0 spiro atoms. The summed E-state index contributed by atoms with van der Waals surface area (Å²) < 4.78 is 34.1. The first-order chi connectivity index (χ1) is 9.65. The summed E-state index contributed by atoms with van der Waals surface area (Å²) >= 11 is 0. The zero-order valence-electron chi connectivity index (χ0n) is 11.0. The van der Waals surface area contributed by atoms with E-state index in [4.69, 9.17) is 9.84 Å². The molecule has 0 fully saturated rings. The van der Waals surface area contributed by atoms with Crippen molar-refractivity contribution in [1.29, 1.82) is 0 Å². The number of ether oxygens (including phenoxy) is 1. The van der Waals surface area contributed by atoms with Crippen LogP contribution in [0.15, 0.2) is 18.5 Å². The van der Waals surface area contributed by atoms with Gasteiger partial charge < -0.3 is 9.84 Å².